The smallest absolute Gasteiger partial charge is 0.239 e. The first-order chi connectivity index (χ1) is 10.3. The van der Waals surface area contributed by atoms with Crippen molar-refractivity contribution in [2.75, 3.05) is 18.4 Å². The summed E-state index contributed by atoms with van der Waals surface area (Å²) in [5, 5.41) is 2.86. The summed E-state index contributed by atoms with van der Waals surface area (Å²) in [4.78, 5) is 27.0. The van der Waals surface area contributed by atoms with Crippen molar-refractivity contribution >= 4 is 33.4 Å². The summed E-state index contributed by atoms with van der Waals surface area (Å²) in [6.45, 7) is 6.89. The second-order valence-corrected chi connectivity index (χ2v) is 7.27. The van der Waals surface area contributed by atoms with Gasteiger partial charge in [-0.2, -0.15) is 0 Å². The van der Waals surface area contributed by atoms with E-state index in [0.29, 0.717) is 5.69 Å². The van der Waals surface area contributed by atoms with Crippen LogP contribution >= 0.6 is 15.9 Å². The predicted molar refractivity (Wildman–Crippen MR) is 91.7 cm³/mol. The largest absolute Gasteiger partial charge is 0.342 e. The van der Waals surface area contributed by atoms with Crippen LogP contribution in [0.4, 0.5) is 5.69 Å². The number of halogens is 1. The number of carbonyl (C=O) groups is 2. The van der Waals surface area contributed by atoms with Crippen molar-refractivity contribution < 1.29 is 9.59 Å². The Hall–Kier alpha value is -1.36. The molecule has 0 radical (unpaired) electrons. The normalized spacial score (nSPS) is 15.5. The quantitative estimate of drug-likeness (QED) is 0.828. The minimum Gasteiger partial charge on any atom is -0.342 e. The number of carbonyl (C=O) groups excluding carboxylic acids is 2. The number of piperidine rings is 1. The van der Waals surface area contributed by atoms with Crippen LogP contribution in [0.15, 0.2) is 22.7 Å². The molecular formula is C17H23BrN2O2. The van der Waals surface area contributed by atoms with Gasteiger partial charge in [-0.3, -0.25) is 9.59 Å². The Morgan fingerprint density at radius 3 is 2.41 bits per heavy atom. The van der Waals surface area contributed by atoms with Crippen molar-refractivity contribution in [1.82, 2.24) is 4.90 Å². The molecule has 1 heterocycles. The van der Waals surface area contributed by atoms with Gasteiger partial charge in [0.05, 0.1) is 5.69 Å². The zero-order chi connectivity index (χ0) is 16.3. The Morgan fingerprint density at radius 1 is 1.18 bits per heavy atom. The molecule has 1 aromatic rings. The van der Waals surface area contributed by atoms with Gasteiger partial charge >= 0.3 is 0 Å². The lowest BCUT2D eigenvalue weighted by atomic mass is 9.89. The summed E-state index contributed by atoms with van der Waals surface area (Å²) in [7, 11) is 0. The Balaban J connectivity index is 2.10. The lowest BCUT2D eigenvalue weighted by molar-refractivity contribution is -0.147. The molecule has 1 N–H and O–H groups in total. The van der Waals surface area contributed by atoms with Gasteiger partial charge in [0.2, 0.25) is 11.8 Å². The van der Waals surface area contributed by atoms with E-state index in [1.807, 2.05) is 30.0 Å². The molecular weight excluding hydrogens is 344 g/mol. The molecule has 0 saturated carbocycles. The maximum Gasteiger partial charge on any atom is 0.239 e. The lowest BCUT2D eigenvalue weighted by Crippen LogP contribution is -2.49. The van der Waals surface area contributed by atoms with Gasteiger partial charge in [0, 0.05) is 17.6 Å². The number of nitrogens with zero attached hydrogens (tertiary/aromatic N) is 1. The third-order valence-corrected chi connectivity index (χ3v) is 4.77. The van der Waals surface area contributed by atoms with Gasteiger partial charge in [-0.25, -0.2) is 0 Å². The fourth-order valence-electron chi connectivity index (χ4n) is 2.59. The fourth-order valence-corrected chi connectivity index (χ4v) is 3.18. The molecule has 0 atom stereocenters. The Bertz CT molecular complexity index is 578. The topological polar surface area (TPSA) is 49.4 Å². The summed E-state index contributed by atoms with van der Waals surface area (Å²) < 4.78 is 0.821. The van der Waals surface area contributed by atoms with E-state index in [0.717, 1.165) is 42.4 Å². The molecule has 4 nitrogen and oxygen atoms in total. The predicted octanol–water partition coefficient (Wildman–Crippen LogP) is 3.73. The van der Waals surface area contributed by atoms with Gasteiger partial charge in [0.25, 0.3) is 0 Å². The highest BCUT2D eigenvalue weighted by Crippen LogP contribution is 2.28. The number of amides is 2. The average Bonchev–Trinajstić information content (AvgIpc) is 2.50. The Morgan fingerprint density at radius 2 is 1.82 bits per heavy atom. The molecule has 0 unspecified atom stereocenters. The molecule has 1 fully saturated rings. The molecule has 120 valence electrons. The highest BCUT2D eigenvalue weighted by molar-refractivity contribution is 9.10. The highest BCUT2D eigenvalue weighted by Gasteiger charge is 2.39. The fraction of sp³-hybridized carbons (Fsp3) is 0.529. The molecule has 1 aliphatic rings. The van der Waals surface area contributed by atoms with E-state index in [2.05, 4.69) is 21.2 Å². The van der Waals surface area contributed by atoms with Crippen LogP contribution in [-0.4, -0.2) is 29.8 Å². The number of likely N-dealkylation sites (tertiary alicyclic amines) is 1. The van der Waals surface area contributed by atoms with Crippen LogP contribution in [0.5, 0.6) is 0 Å². The molecule has 1 saturated heterocycles. The minimum absolute atomic E-state index is 0.0899. The number of hydrogen-bond donors (Lipinski definition) is 1. The molecule has 0 spiro atoms. The maximum atomic E-state index is 12.6. The van der Waals surface area contributed by atoms with E-state index in [9.17, 15) is 9.59 Å². The third-order valence-electron chi connectivity index (χ3n) is 4.12. The standard InChI is InChI=1S/C17H23BrN2O2/c1-12-7-8-14(13(18)11-12)19-15(21)17(2,3)16(22)20-9-5-4-6-10-20/h7-8,11H,4-6,9-10H2,1-3H3,(H,19,21). The van der Waals surface area contributed by atoms with Crippen molar-refractivity contribution in [2.24, 2.45) is 5.41 Å². The SMILES string of the molecule is Cc1ccc(NC(=O)C(C)(C)C(=O)N2CCCCC2)c(Br)c1. The second-order valence-electron chi connectivity index (χ2n) is 6.42. The zero-order valence-corrected chi connectivity index (χ0v) is 15.0. The monoisotopic (exact) mass is 366 g/mol. The summed E-state index contributed by atoms with van der Waals surface area (Å²) in [5.41, 5.74) is 0.727. The van der Waals surface area contributed by atoms with Crippen molar-refractivity contribution in [3.8, 4) is 0 Å². The van der Waals surface area contributed by atoms with Crippen LogP contribution in [0, 0.1) is 12.3 Å². The average molecular weight is 367 g/mol. The molecule has 1 aromatic carbocycles. The number of benzene rings is 1. The van der Waals surface area contributed by atoms with Crippen molar-refractivity contribution in [3.63, 3.8) is 0 Å². The number of anilines is 1. The molecule has 5 heteroatoms. The molecule has 1 aliphatic heterocycles. The van der Waals surface area contributed by atoms with E-state index in [1.165, 1.54) is 0 Å². The van der Waals surface area contributed by atoms with Gasteiger partial charge < -0.3 is 10.2 Å². The van der Waals surface area contributed by atoms with Gasteiger partial charge in [-0.15, -0.1) is 0 Å². The minimum atomic E-state index is -1.07. The maximum absolute atomic E-state index is 12.6. The summed E-state index contributed by atoms with van der Waals surface area (Å²) in [6.07, 6.45) is 3.20. The van der Waals surface area contributed by atoms with Gasteiger partial charge in [0.1, 0.15) is 5.41 Å². The summed E-state index contributed by atoms with van der Waals surface area (Å²) in [6, 6.07) is 5.72. The summed E-state index contributed by atoms with van der Waals surface area (Å²) >= 11 is 3.45. The molecule has 2 rings (SSSR count). The van der Waals surface area contributed by atoms with E-state index >= 15 is 0 Å². The van der Waals surface area contributed by atoms with Crippen LogP contribution in [-0.2, 0) is 9.59 Å². The van der Waals surface area contributed by atoms with Crippen LogP contribution in [0.1, 0.15) is 38.7 Å². The van der Waals surface area contributed by atoms with E-state index < -0.39 is 5.41 Å². The van der Waals surface area contributed by atoms with Crippen LogP contribution in [0.2, 0.25) is 0 Å². The van der Waals surface area contributed by atoms with Crippen molar-refractivity contribution in [2.45, 2.75) is 40.0 Å². The number of rotatable bonds is 3. The molecule has 0 aliphatic carbocycles. The third kappa shape index (κ3) is 3.69. The first-order valence-corrected chi connectivity index (χ1v) is 8.48. The van der Waals surface area contributed by atoms with Crippen LogP contribution < -0.4 is 5.32 Å². The first kappa shape index (κ1) is 17.0. The molecule has 0 aromatic heterocycles. The van der Waals surface area contributed by atoms with Gasteiger partial charge in [-0.05, 0) is 73.7 Å². The number of nitrogens with one attached hydrogen (secondary N) is 1. The summed E-state index contributed by atoms with van der Waals surface area (Å²) in [5.74, 6) is -0.361. The Kier molecular flexibility index (Phi) is 5.27. The van der Waals surface area contributed by atoms with E-state index in [4.69, 9.17) is 0 Å². The molecule has 22 heavy (non-hydrogen) atoms. The number of hydrogen-bond acceptors (Lipinski definition) is 2. The van der Waals surface area contributed by atoms with Gasteiger partial charge in [0.15, 0.2) is 0 Å². The van der Waals surface area contributed by atoms with Crippen molar-refractivity contribution in [3.05, 3.63) is 28.2 Å². The van der Waals surface area contributed by atoms with Crippen molar-refractivity contribution in [1.29, 1.82) is 0 Å². The lowest BCUT2D eigenvalue weighted by Gasteiger charge is -2.33. The number of aryl methyl sites for hydroxylation is 1. The molecule has 2 amide bonds. The highest BCUT2D eigenvalue weighted by atomic mass is 79.9. The van der Waals surface area contributed by atoms with Crippen LogP contribution in [0.3, 0.4) is 0 Å². The second kappa shape index (κ2) is 6.82. The van der Waals surface area contributed by atoms with E-state index in [1.54, 1.807) is 13.8 Å². The molecule has 0 bridgehead atoms. The van der Waals surface area contributed by atoms with E-state index in [-0.39, 0.29) is 11.8 Å². The first-order valence-electron chi connectivity index (χ1n) is 7.69. The van der Waals surface area contributed by atoms with Gasteiger partial charge in [-0.1, -0.05) is 6.07 Å². The zero-order valence-electron chi connectivity index (χ0n) is 13.4. The Labute approximate surface area is 140 Å². The van der Waals surface area contributed by atoms with Crippen LogP contribution in [0.25, 0.3) is 0 Å².